The number of unbranched alkanes of at least 4 members (excludes halogenated alkanes) is 23. The largest absolute Gasteiger partial charge is 0.394 e. The average Bonchev–Trinajstić information content (AvgIpc) is 3.38. The lowest BCUT2D eigenvalue weighted by atomic mass is 9.99. The number of aliphatic hydroxyl groups excluding tert-OH is 8. The van der Waals surface area contributed by atoms with Gasteiger partial charge >= 0.3 is 0 Å². The van der Waals surface area contributed by atoms with Crippen LogP contribution in [0.2, 0.25) is 0 Å². The molecule has 0 aromatic carbocycles. The highest BCUT2D eigenvalue weighted by molar-refractivity contribution is 4.89. The number of rotatable bonds is 51. The molecule has 2 rings (SSSR count). The molecule has 2 saturated heterocycles. The van der Waals surface area contributed by atoms with Gasteiger partial charge < -0.3 is 88.2 Å². The topological polar surface area (TPSA) is 254 Å². The van der Waals surface area contributed by atoms with E-state index in [1.165, 1.54) is 141 Å². The molecular weight excluding hydrogens is 937 g/mol. The molecule has 430 valence electrons. The highest BCUT2D eigenvalue weighted by atomic mass is 16.7. The van der Waals surface area contributed by atoms with Gasteiger partial charge in [0.25, 0.3) is 0 Å². The van der Waals surface area contributed by atoms with Crippen molar-refractivity contribution in [1.29, 1.82) is 0 Å². The van der Waals surface area contributed by atoms with Crippen molar-refractivity contribution in [2.24, 2.45) is 0 Å². The molecule has 8 N–H and O–H groups in total. The fourth-order valence-electron chi connectivity index (χ4n) is 8.80. The Morgan fingerprint density at radius 1 is 0.319 bits per heavy atom. The lowest BCUT2D eigenvalue weighted by molar-refractivity contribution is -0.303. The molecule has 2 heterocycles. The van der Waals surface area contributed by atoms with Crippen LogP contribution in [-0.4, -0.2) is 207 Å². The Kier molecular flexibility index (Phi) is 43.4. The minimum absolute atomic E-state index is 0.0327. The van der Waals surface area contributed by atoms with Crippen LogP contribution < -0.4 is 0 Å². The van der Waals surface area contributed by atoms with Gasteiger partial charge in [0, 0.05) is 26.4 Å². The molecule has 18 heteroatoms. The van der Waals surface area contributed by atoms with E-state index in [2.05, 4.69) is 13.8 Å². The van der Waals surface area contributed by atoms with Gasteiger partial charge in [0.1, 0.15) is 61.0 Å². The number of ether oxygens (including phenoxy) is 10. The summed E-state index contributed by atoms with van der Waals surface area (Å²) in [7, 11) is 0. The normalized spacial score (nSPS) is 25.2. The van der Waals surface area contributed by atoms with Gasteiger partial charge in [-0.3, -0.25) is 0 Å². The third-order valence-electron chi connectivity index (χ3n) is 13.5. The SMILES string of the molecule is CCCCCCCCCCCCCCOCC(COCCCCOC(COCCO[C@H]1O[C@H](CO)[C@@H](O)[C@H](O)[C@@H]1O)COCCO[C@H]1O[C@H](CO)[C@@H](O)[C@H](O)[C@@H]1O)OCCCCCCCCCCCCCC. The third-order valence-corrected chi connectivity index (χ3v) is 13.5. The van der Waals surface area contributed by atoms with Crippen molar-refractivity contribution in [1.82, 2.24) is 0 Å². The summed E-state index contributed by atoms with van der Waals surface area (Å²) < 4.78 is 58.1. The number of hydrogen-bond donors (Lipinski definition) is 8. The van der Waals surface area contributed by atoms with Crippen LogP contribution in [0.4, 0.5) is 0 Å². The molecule has 2 fully saturated rings. The first-order valence-electron chi connectivity index (χ1n) is 28.6. The number of aliphatic hydroxyl groups is 8. The summed E-state index contributed by atoms with van der Waals surface area (Å²) in [4.78, 5) is 0. The molecule has 0 spiro atoms. The van der Waals surface area contributed by atoms with E-state index in [0.29, 0.717) is 39.5 Å². The van der Waals surface area contributed by atoms with Crippen LogP contribution in [0.1, 0.15) is 181 Å². The van der Waals surface area contributed by atoms with Crippen LogP contribution in [-0.2, 0) is 47.4 Å². The molecule has 0 amide bonds. The Balaban J connectivity index is 1.75. The predicted molar refractivity (Wildman–Crippen MR) is 274 cm³/mol. The van der Waals surface area contributed by atoms with Crippen molar-refractivity contribution in [3.63, 3.8) is 0 Å². The van der Waals surface area contributed by atoms with Crippen LogP contribution >= 0.6 is 0 Å². The van der Waals surface area contributed by atoms with Gasteiger partial charge in [-0.1, -0.05) is 155 Å². The van der Waals surface area contributed by atoms with E-state index < -0.39 is 80.7 Å². The predicted octanol–water partition coefficient (Wildman–Crippen LogP) is 5.64. The van der Waals surface area contributed by atoms with E-state index in [9.17, 15) is 40.9 Å². The Morgan fingerprint density at radius 3 is 0.931 bits per heavy atom. The zero-order chi connectivity index (χ0) is 52.3. The van der Waals surface area contributed by atoms with Crippen LogP contribution in [0.25, 0.3) is 0 Å². The lowest BCUT2D eigenvalue weighted by Crippen LogP contribution is -2.59. The smallest absolute Gasteiger partial charge is 0.186 e. The maximum atomic E-state index is 10.3. The molecule has 2 aliphatic heterocycles. The van der Waals surface area contributed by atoms with Gasteiger partial charge in [-0.05, 0) is 25.7 Å². The second-order valence-corrected chi connectivity index (χ2v) is 19.9. The molecule has 1 unspecified atom stereocenters. The van der Waals surface area contributed by atoms with Crippen molar-refractivity contribution in [3.8, 4) is 0 Å². The summed E-state index contributed by atoms with van der Waals surface area (Å²) in [5.74, 6) is 0. The van der Waals surface area contributed by atoms with Gasteiger partial charge in [-0.2, -0.15) is 0 Å². The van der Waals surface area contributed by atoms with Gasteiger partial charge in [0.15, 0.2) is 12.6 Å². The van der Waals surface area contributed by atoms with E-state index in [0.717, 1.165) is 25.9 Å². The van der Waals surface area contributed by atoms with Crippen molar-refractivity contribution >= 4 is 0 Å². The first kappa shape index (κ1) is 67.4. The molecule has 72 heavy (non-hydrogen) atoms. The molecule has 0 radical (unpaired) electrons. The molecule has 0 saturated carbocycles. The van der Waals surface area contributed by atoms with Crippen LogP contribution in [0, 0.1) is 0 Å². The van der Waals surface area contributed by atoms with E-state index in [-0.39, 0.29) is 45.7 Å². The summed E-state index contributed by atoms with van der Waals surface area (Å²) >= 11 is 0. The molecule has 0 aliphatic carbocycles. The maximum Gasteiger partial charge on any atom is 0.186 e. The summed E-state index contributed by atoms with van der Waals surface area (Å²) in [5, 5.41) is 79.6. The lowest BCUT2D eigenvalue weighted by Gasteiger charge is -2.39. The van der Waals surface area contributed by atoms with E-state index in [1.807, 2.05) is 0 Å². The quantitative estimate of drug-likeness (QED) is 0.0343. The maximum absolute atomic E-state index is 10.3. The highest BCUT2D eigenvalue weighted by Crippen LogP contribution is 2.23. The summed E-state index contributed by atoms with van der Waals surface area (Å²) in [5.41, 5.74) is 0. The zero-order valence-corrected chi connectivity index (χ0v) is 44.9. The second-order valence-electron chi connectivity index (χ2n) is 19.9. The van der Waals surface area contributed by atoms with Crippen molar-refractivity contribution in [2.45, 2.75) is 254 Å². The fraction of sp³-hybridized carbons (Fsp3) is 1.00. The fourth-order valence-corrected chi connectivity index (χ4v) is 8.80. The van der Waals surface area contributed by atoms with Crippen molar-refractivity contribution < 1.29 is 88.2 Å². The molecule has 11 atom stereocenters. The highest BCUT2D eigenvalue weighted by Gasteiger charge is 2.45. The van der Waals surface area contributed by atoms with E-state index in [1.54, 1.807) is 0 Å². The Bertz CT molecular complexity index is 1110. The van der Waals surface area contributed by atoms with Crippen molar-refractivity contribution in [3.05, 3.63) is 0 Å². The molecule has 18 nitrogen and oxygen atoms in total. The summed E-state index contributed by atoms with van der Waals surface area (Å²) in [6.45, 7) is 7.01. The summed E-state index contributed by atoms with van der Waals surface area (Å²) in [6.07, 6.45) is 18.2. The third kappa shape index (κ3) is 32.1. The van der Waals surface area contributed by atoms with Gasteiger partial charge in [-0.25, -0.2) is 0 Å². The minimum atomic E-state index is -1.55. The molecule has 0 bridgehead atoms. The zero-order valence-electron chi connectivity index (χ0n) is 44.9. The first-order chi connectivity index (χ1) is 35.2. The van der Waals surface area contributed by atoms with E-state index >= 15 is 0 Å². The summed E-state index contributed by atoms with van der Waals surface area (Å²) in [6, 6.07) is 0. The van der Waals surface area contributed by atoms with Gasteiger partial charge in [-0.15, -0.1) is 0 Å². The molecule has 0 aromatic heterocycles. The van der Waals surface area contributed by atoms with Crippen LogP contribution in [0.5, 0.6) is 0 Å². The minimum Gasteiger partial charge on any atom is -0.394 e. The van der Waals surface area contributed by atoms with Crippen LogP contribution in [0.3, 0.4) is 0 Å². The number of hydrogen-bond acceptors (Lipinski definition) is 18. The Hall–Kier alpha value is -0.720. The molecule has 0 aromatic rings. The molecule has 2 aliphatic rings. The Morgan fingerprint density at radius 2 is 0.597 bits per heavy atom. The average molecular weight is 1040 g/mol. The molecular formula is C54H106O18. The Labute approximate surface area is 434 Å². The standard InChI is InChI=1S/C54H106O18/c1-3-5-7-9-11-13-15-17-19-21-23-25-29-63-39-43(67-31-26-24-22-20-18-16-14-12-10-8-6-4-2)40-64-30-27-28-32-68-44(41-65-33-35-69-53-51(61)49(59)47(57)45(37-55)71-53)42-66-34-36-70-54-52(62)50(60)48(58)46(38-56)72-54/h43-62H,3-42H2,1-2H3/t43?,45-,46-,47-,48-,49+,50+,51+,52+,53+,54+/m1/s1. The van der Waals surface area contributed by atoms with Crippen LogP contribution in [0.15, 0.2) is 0 Å². The van der Waals surface area contributed by atoms with Gasteiger partial charge in [0.05, 0.1) is 66.1 Å². The monoisotopic (exact) mass is 1040 g/mol. The van der Waals surface area contributed by atoms with Crippen molar-refractivity contribution in [2.75, 3.05) is 92.5 Å². The van der Waals surface area contributed by atoms with E-state index in [4.69, 9.17) is 47.4 Å². The second kappa shape index (κ2) is 46.4. The first-order valence-corrected chi connectivity index (χ1v) is 28.6. The van der Waals surface area contributed by atoms with Gasteiger partial charge in [0.2, 0.25) is 0 Å².